The fourth-order valence-corrected chi connectivity index (χ4v) is 3.95. The van der Waals surface area contributed by atoms with Crippen LogP contribution in [-0.4, -0.2) is 59.7 Å². The standard InChI is InChI=1S/C15H20BrN3O5S2/c1-24-15(22)18-5-7-26-25-6-4-17-14(21)12(19-23)9-10-2-3-13(20)11(16)8-10/h2-3,8,20,23H,4-7,9H2,1H3,(H,17,21)(H,18,22). The van der Waals surface area contributed by atoms with Crippen LogP contribution in [0.15, 0.2) is 27.8 Å². The average Bonchev–Trinajstić information content (AvgIpc) is 2.64. The number of carbonyl (C=O) groups is 2. The van der Waals surface area contributed by atoms with Crippen molar-refractivity contribution in [1.82, 2.24) is 10.6 Å². The molecule has 0 aliphatic carbocycles. The minimum atomic E-state index is -0.459. The summed E-state index contributed by atoms with van der Waals surface area (Å²) in [5, 5.41) is 26.8. The van der Waals surface area contributed by atoms with Crippen molar-refractivity contribution in [2.24, 2.45) is 5.16 Å². The van der Waals surface area contributed by atoms with E-state index in [9.17, 15) is 14.7 Å². The normalized spacial score (nSPS) is 11.1. The third-order valence-corrected chi connectivity index (χ3v) is 6.00. The summed E-state index contributed by atoms with van der Waals surface area (Å²) < 4.78 is 4.95. The number of carbonyl (C=O) groups excluding carboxylic acids is 2. The maximum absolute atomic E-state index is 12.0. The summed E-state index contributed by atoms with van der Waals surface area (Å²) in [6, 6.07) is 4.80. The van der Waals surface area contributed by atoms with Gasteiger partial charge in [0.05, 0.1) is 11.6 Å². The number of phenols is 1. The Morgan fingerprint density at radius 2 is 1.88 bits per heavy atom. The van der Waals surface area contributed by atoms with Crippen LogP contribution in [0.4, 0.5) is 4.79 Å². The molecule has 0 aliphatic rings. The van der Waals surface area contributed by atoms with Gasteiger partial charge in [-0.25, -0.2) is 4.79 Å². The number of oxime groups is 1. The third-order valence-electron chi connectivity index (χ3n) is 2.96. The van der Waals surface area contributed by atoms with Crippen molar-refractivity contribution in [1.29, 1.82) is 0 Å². The Morgan fingerprint density at radius 3 is 2.46 bits per heavy atom. The quantitative estimate of drug-likeness (QED) is 0.137. The number of hydrogen-bond acceptors (Lipinski definition) is 8. The number of nitrogens with zero attached hydrogens (tertiary/aromatic N) is 1. The second-order valence-electron chi connectivity index (χ2n) is 4.83. The van der Waals surface area contributed by atoms with E-state index in [1.54, 1.807) is 33.7 Å². The first-order valence-corrected chi connectivity index (χ1v) is 10.8. The number of nitrogens with one attached hydrogen (secondary N) is 2. The molecule has 1 rings (SSSR count). The molecule has 26 heavy (non-hydrogen) atoms. The third kappa shape index (κ3) is 8.68. The van der Waals surface area contributed by atoms with Gasteiger partial charge in [-0.2, -0.15) is 0 Å². The van der Waals surface area contributed by atoms with E-state index in [2.05, 4.69) is 36.5 Å². The van der Waals surface area contributed by atoms with Crippen LogP contribution in [-0.2, 0) is 16.0 Å². The summed E-state index contributed by atoms with van der Waals surface area (Å²) in [6.07, 6.45) is -0.318. The van der Waals surface area contributed by atoms with E-state index in [4.69, 9.17) is 5.21 Å². The molecule has 0 aromatic heterocycles. The minimum absolute atomic E-state index is 0.0116. The van der Waals surface area contributed by atoms with E-state index in [0.29, 0.717) is 29.1 Å². The Hall–Kier alpha value is -1.59. The highest BCUT2D eigenvalue weighted by Crippen LogP contribution is 2.24. The van der Waals surface area contributed by atoms with Crippen LogP contribution in [0.3, 0.4) is 0 Å². The highest BCUT2D eigenvalue weighted by atomic mass is 79.9. The molecule has 0 bridgehead atoms. The Balaban J connectivity index is 2.24. The van der Waals surface area contributed by atoms with Crippen LogP contribution in [0, 0.1) is 0 Å². The number of amides is 2. The predicted molar refractivity (Wildman–Crippen MR) is 107 cm³/mol. The van der Waals surface area contributed by atoms with E-state index >= 15 is 0 Å². The molecule has 0 saturated heterocycles. The molecule has 4 N–H and O–H groups in total. The van der Waals surface area contributed by atoms with Crippen LogP contribution >= 0.6 is 37.5 Å². The molecule has 0 fully saturated rings. The number of benzene rings is 1. The molecule has 0 radical (unpaired) electrons. The maximum atomic E-state index is 12.0. The van der Waals surface area contributed by atoms with E-state index in [0.717, 1.165) is 5.56 Å². The number of hydrogen-bond donors (Lipinski definition) is 4. The van der Waals surface area contributed by atoms with Crippen molar-refractivity contribution in [3.63, 3.8) is 0 Å². The topological polar surface area (TPSA) is 120 Å². The average molecular weight is 466 g/mol. The largest absolute Gasteiger partial charge is 0.507 e. The number of halogens is 1. The molecule has 8 nitrogen and oxygen atoms in total. The molecule has 11 heteroatoms. The van der Waals surface area contributed by atoms with Crippen molar-refractivity contribution >= 4 is 55.2 Å². The molecular weight excluding hydrogens is 446 g/mol. The van der Waals surface area contributed by atoms with Crippen LogP contribution in [0.5, 0.6) is 5.75 Å². The Bertz CT molecular complexity index is 646. The number of phenolic OH excluding ortho intramolecular Hbond substituents is 1. The van der Waals surface area contributed by atoms with Crippen molar-refractivity contribution in [2.45, 2.75) is 6.42 Å². The summed E-state index contributed by atoms with van der Waals surface area (Å²) in [4.78, 5) is 22.9. The van der Waals surface area contributed by atoms with Gasteiger partial charge in [-0.3, -0.25) is 4.79 Å². The molecule has 0 aliphatic heterocycles. The van der Waals surface area contributed by atoms with Crippen LogP contribution in [0.25, 0.3) is 0 Å². The zero-order valence-corrected chi connectivity index (χ0v) is 17.2. The summed E-state index contributed by atoms with van der Waals surface area (Å²) in [5.41, 5.74) is 0.711. The highest BCUT2D eigenvalue weighted by Gasteiger charge is 2.13. The summed E-state index contributed by atoms with van der Waals surface area (Å²) in [5.74, 6) is 1.02. The number of methoxy groups -OCH3 is 1. The summed E-state index contributed by atoms with van der Waals surface area (Å²) in [6.45, 7) is 0.916. The summed E-state index contributed by atoms with van der Waals surface area (Å²) >= 11 is 3.20. The van der Waals surface area contributed by atoms with Gasteiger partial charge in [0.2, 0.25) is 0 Å². The lowest BCUT2D eigenvalue weighted by Crippen LogP contribution is -2.33. The maximum Gasteiger partial charge on any atom is 0.406 e. The number of aromatic hydroxyl groups is 1. The predicted octanol–water partition coefficient (Wildman–Crippen LogP) is 2.38. The van der Waals surface area contributed by atoms with Crippen molar-refractivity contribution in [3.05, 3.63) is 28.2 Å². The smallest absolute Gasteiger partial charge is 0.406 e. The van der Waals surface area contributed by atoms with E-state index in [-0.39, 0.29) is 17.9 Å². The monoisotopic (exact) mass is 465 g/mol. The zero-order valence-electron chi connectivity index (χ0n) is 14.0. The lowest BCUT2D eigenvalue weighted by Gasteiger charge is -2.08. The number of alkyl carbamates (subject to hydrolysis) is 1. The van der Waals surface area contributed by atoms with E-state index in [1.807, 2.05) is 0 Å². The number of ether oxygens (including phenoxy) is 1. The second kappa shape index (κ2) is 12.7. The fourth-order valence-electron chi connectivity index (χ4n) is 1.71. The molecule has 0 spiro atoms. The molecule has 1 aromatic rings. The molecule has 0 saturated carbocycles. The Kier molecular flexibility index (Phi) is 11.0. The van der Waals surface area contributed by atoms with Gasteiger partial charge in [0.15, 0.2) is 0 Å². The van der Waals surface area contributed by atoms with Crippen LogP contribution < -0.4 is 10.6 Å². The lowest BCUT2D eigenvalue weighted by molar-refractivity contribution is -0.114. The van der Waals surface area contributed by atoms with Crippen LogP contribution in [0.2, 0.25) is 0 Å². The van der Waals surface area contributed by atoms with Gasteiger partial charge in [0.25, 0.3) is 5.91 Å². The SMILES string of the molecule is COC(=O)NCCSSCCNC(=O)C(Cc1ccc(O)c(Br)c1)=NO. The number of rotatable bonds is 10. The molecule has 0 heterocycles. The summed E-state index contributed by atoms with van der Waals surface area (Å²) in [7, 11) is 4.43. The van der Waals surface area contributed by atoms with Gasteiger partial charge in [-0.15, -0.1) is 0 Å². The first-order valence-electron chi connectivity index (χ1n) is 7.50. The molecule has 0 atom stereocenters. The minimum Gasteiger partial charge on any atom is -0.507 e. The van der Waals surface area contributed by atoms with Gasteiger partial charge in [0.1, 0.15) is 11.5 Å². The Morgan fingerprint density at radius 1 is 1.23 bits per heavy atom. The molecular formula is C15H20BrN3O5S2. The molecule has 0 unspecified atom stereocenters. The van der Waals surface area contributed by atoms with Gasteiger partial charge >= 0.3 is 6.09 Å². The zero-order chi connectivity index (χ0) is 19.4. The highest BCUT2D eigenvalue weighted by molar-refractivity contribution is 9.10. The van der Waals surface area contributed by atoms with Crippen LogP contribution in [0.1, 0.15) is 5.56 Å². The van der Waals surface area contributed by atoms with Crippen molar-refractivity contribution in [2.75, 3.05) is 31.7 Å². The Labute approximate surface area is 167 Å². The van der Waals surface area contributed by atoms with E-state index < -0.39 is 12.0 Å². The second-order valence-corrected chi connectivity index (χ2v) is 8.38. The first kappa shape index (κ1) is 22.5. The fraction of sp³-hybridized carbons (Fsp3) is 0.400. The van der Waals surface area contributed by atoms with Gasteiger partial charge in [-0.1, -0.05) is 32.8 Å². The van der Waals surface area contributed by atoms with Gasteiger partial charge < -0.3 is 25.7 Å². The van der Waals surface area contributed by atoms with Crippen molar-refractivity contribution < 1.29 is 24.6 Å². The molecule has 144 valence electrons. The van der Waals surface area contributed by atoms with Crippen molar-refractivity contribution in [3.8, 4) is 5.75 Å². The lowest BCUT2D eigenvalue weighted by atomic mass is 10.1. The first-order chi connectivity index (χ1) is 12.5. The van der Waals surface area contributed by atoms with Gasteiger partial charge in [-0.05, 0) is 33.6 Å². The molecule has 1 aromatic carbocycles. The van der Waals surface area contributed by atoms with E-state index in [1.165, 1.54) is 13.2 Å². The van der Waals surface area contributed by atoms with Gasteiger partial charge in [0, 0.05) is 31.0 Å². The molecule has 2 amide bonds.